The van der Waals surface area contributed by atoms with E-state index in [4.69, 9.17) is 4.74 Å². The number of methoxy groups -OCH3 is 1. The highest BCUT2D eigenvalue weighted by atomic mass is 16.5. The van der Waals surface area contributed by atoms with Crippen molar-refractivity contribution in [3.8, 4) is 0 Å². The third kappa shape index (κ3) is 3.85. The first-order chi connectivity index (χ1) is 12.1. The van der Waals surface area contributed by atoms with Crippen molar-refractivity contribution >= 4 is 17.5 Å². The molecule has 0 spiro atoms. The van der Waals surface area contributed by atoms with Gasteiger partial charge in [-0.1, -0.05) is 31.4 Å². The van der Waals surface area contributed by atoms with Crippen LogP contribution in [0.5, 0.6) is 0 Å². The van der Waals surface area contributed by atoms with Gasteiger partial charge in [0.05, 0.1) is 6.61 Å². The zero-order chi connectivity index (χ0) is 17.8. The van der Waals surface area contributed by atoms with Crippen LogP contribution in [0.4, 0.5) is 5.69 Å². The van der Waals surface area contributed by atoms with Crippen LogP contribution in [-0.2, 0) is 14.3 Å². The zero-order valence-corrected chi connectivity index (χ0v) is 14.4. The first-order valence-corrected chi connectivity index (χ1v) is 8.74. The molecular formula is C19H24N2O4. The van der Waals surface area contributed by atoms with Crippen LogP contribution in [0, 0.1) is 0 Å². The summed E-state index contributed by atoms with van der Waals surface area (Å²) in [6, 6.07) is 7.08. The van der Waals surface area contributed by atoms with Crippen LogP contribution >= 0.6 is 0 Å². The highest BCUT2D eigenvalue weighted by Crippen LogP contribution is 2.33. The summed E-state index contributed by atoms with van der Waals surface area (Å²) in [6.07, 6.45) is 6.29. The number of ether oxygens (including phenoxy) is 1. The smallest absolute Gasteiger partial charge is 0.264 e. The second-order valence-corrected chi connectivity index (χ2v) is 6.65. The van der Waals surface area contributed by atoms with Gasteiger partial charge in [0.1, 0.15) is 17.4 Å². The Hall–Kier alpha value is -2.34. The Morgan fingerprint density at radius 3 is 2.56 bits per heavy atom. The number of rotatable bonds is 5. The lowest BCUT2D eigenvalue weighted by Gasteiger charge is -2.22. The van der Waals surface area contributed by atoms with Crippen LogP contribution in [0.25, 0.3) is 0 Å². The van der Waals surface area contributed by atoms with Crippen molar-refractivity contribution < 1.29 is 19.4 Å². The van der Waals surface area contributed by atoms with Gasteiger partial charge in [0.2, 0.25) is 0 Å². The normalized spacial score (nSPS) is 21.3. The van der Waals surface area contributed by atoms with E-state index < -0.39 is 17.9 Å². The van der Waals surface area contributed by atoms with Crippen LogP contribution in [0.1, 0.15) is 43.6 Å². The van der Waals surface area contributed by atoms with E-state index in [1.54, 1.807) is 0 Å². The molecule has 0 bridgehead atoms. The zero-order valence-electron chi connectivity index (χ0n) is 14.4. The summed E-state index contributed by atoms with van der Waals surface area (Å²) >= 11 is 0. The van der Waals surface area contributed by atoms with E-state index >= 15 is 0 Å². The van der Waals surface area contributed by atoms with Gasteiger partial charge in [0.15, 0.2) is 0 Å². The Balaban J connectivity index is 1.67. The van der Waals surface area contributed by atoms with Gasteiger partial charge in [-0.05, 0) is 36.5 Å². The molecule has 1 saturated carbocycles. The Bertz CT molecular complexity index is 675. The highest BCUT2D eigenvalue weighted by Gasteiger charge is 2.36. The minimum absolute atomic E-state index is 0.116. The van der Waals surface area contributed by atoms with Crippen LogP contribution in [0.3, 0.4) is 0 Å². The molecule has 134 valence electrons. The largest absolute Gasteiger partial charge is 0.509 e. The first-order valence-electron chi connectivity index (χ1n) is 8.74. The topological polar surface area (TPSA) is 87.7 Å². The van der Waals surface area contributed by atoms with Gasteiger partial charge in [0.25, 0.3) is 11.8 Å². The highest BCUT2D eigenvalue weighted by molar-refractivity contribution is 6.24. The number of carbonyl (C=O) groups is 2. The van der Waals surface area contributed by atoms with Crippen molar-refractivity contribution in [2.24, 2.45) is 0 Å². The molecular weight excluding hydrogens is 320 g/mol. The summed E-state index contributed by atoms with van der Waals surface area (Å²) in [4.78, 5) is 24.3. The van der Waals surface area contributed by atoms with E-state index in [-0.39, 0.29) is 17.9 Å². The van der Waals surface area contributed by atoms with Gasteiger partial charge >= 0.3 is 0 Å². The average molecular weight is 344 g/mol. The molecule has 1 atom stereocenters. The quantitative estimate of drug-likeness (QED) is 0.717. The van der Waals surface area contributed by atoms with E-state index in [0.29, 0.717) is 11.6 Å². The van der Waals surface area contributed by atoms with Crippen molar-refractivity contribution in [3.05, 3.63) is 41.2 Å². The van der Waals surface area contributed by atoms with E-state index in [0.717, 1.165) is 0 Å². The van der Waals surface area contributed by atoms with Crippen molar-refractivity contribution in [3.63, 3.8) is 0 Å². The molecule has 3 rings (SSSR count). The number of hydrogen-bond donors (Lipinski definition) is 3. The number of amides is 2. The summed E-state index contributed by atoms with van der Waals surface area (Å²) < 4.78 is 4.92. The number of hydrogen-bond acceptors (Lipinski definition) is 4. The molecule has 6 heteroatoms. The summed E-state index contributed by atoms with van der Waals surface area (Å²) in [5.74, 6) is -0.876. The Kier molecular flexibility index (Phi) is 5.38. The number of benzene rings is 1. The third-order valence-corrected chi connectivity index (χ3v) is 4.92. The molecule has 0 aromatic heterocycles. The van der Waals surface area contributed by atoms with Gasteiger partial charge < -0.3 is 20.5 Å². The summed E-state index contributed by atoms with van der Waals surface area (Å²) in [6.45, 7) is 0.116. The number of anilines is 1. The fourth-order valence-corrected chi connectivity index (χ4v) is 3.56. The van der Waals surface area contributed by atoms with Crippen LogP contribution in [-0.4, -0.2) is 36.7 Å². The van der Waals surface area contributed by atoms with Crippen LogP contribution in [0.2, 0.25) is 0 Å². The summed E-state index contributed by atoms with van der Waals surface area (Å²) in [5.41, 5.74) is 1.64. The fraction of sp³-hybridized carbons (Fsp3) is 0.474. The predicted octanol–water partition coefficient (Wildman–Crippen LogP) is 2.63. The maximum absolute atomic E-state index is 12.3. The molecule has 25 heavy (non-hydrogen) atoms. The lowest BCUT2D eigenvalue weighted by atomic mass is 9.84. The van der Waals surface area contributed by atoms with Crippen molar-refractivity contribution in [2.75, 3.05) is 19.0 Å². The predicted molar refractivity (Wildman–Crippen MR) is 94.4 cm³/mol. The Morgan fingerprint density at radius 2 is 1.92 bits per heavy atom. The molecule has 1 aromatic rings. The summed E-state index contributed by atoms with van der Waals surface area (Å²) in [7, 11) is 1.46. The van der Waals surface area contributed by atoms with E-state index in [1.165, 1.54) is 44.8 Å². The molecule has 6 nitrogen and oxygen atoms in total. The number of aliphatic hydroxyl groups is 1. The molecule has 1 heterocycles. The molecule has 0 radical (unpaired) electrons. The monoisotopic (exact) mass is 344 g/mol. The SMILES string of the molecule is COCC1NC(=O)C(C(=O)Nc2ccc(C3CCCCC3)cc2)=C1O. The lowest BCUT2D eigenvalue weighted by molar-refractivity contribution is -0.121. The molecule has 3 N–H and O–H groups in total. The van der Waals surface area contributed by atoms with E-state index in [1.807, 2.05) is 24.3 Å². The van der Waals surface area contributed by atoms with Crippen LogP contribution < -0.4 is 10.6 Å². The van der Waals surface area contributed by atoms with Crippen LogP contribution in [0.15, 0.2) is 35.6 Å². The Labute approximate surface area is 147 Å². The molecule has 1 aliphatic heterocycles. The Morgan fingerprint density at radius 1 is 1.24 bits per heavy atom. The number of carbonyl (C=O) groups excluding carboxylic acids is 2. The third-order valence-electron chi connectivity index (χ3n) is 4.92. The molecule has 1 fully saturated rings. The summed E-state index contributed by atoms with van der Waals surface area (Å²) in [5, 5.41) is 15.3. The lowest BCUT2D eigenvalue weighted by Crippen LogP contribution is -2.33. The number of aliphatic hydroxyl groups excluding tert-OH is 1. The minimum Gasteiger partial charge on any atom is -0.509 e. The second-order valence-electron chi connectivity index (χ2n) is 6.65. The van der Waals surface area contributed by atoms with E-state index in [2.05, 4.69) is 10.6 Å². The van der Waals surface area contributed by atoms with E-state index in [9.17, 15) is 14.7 Å². The molecule has 1 aromatic carbocycles. The van der Waals surface area contributed by atoms with Gasteiger partial charge in [0, 0.05) is 12.8 Å². The van der Waals surface area contributed by atoms with Crippen molar-refractivity contribution in [2.45, 2.75) is 44.1 Å². The fourth-order valence-electron chi connectivity index (χ4n) is 3.56. The maximum Gasteiger partial charge on any atom is 0.264 e. The first kappa shape index (κ1) is 17.5. The van der Waals surface area contributed by atoms with Gasteiger partial charge in [-0.15, -0.1) is 0 Å². The van der Waals surface area contributed by atoms with Crippen molar-refractivity contribution in [1.82, 2.24) is 5.32 Å². The molecule has 2 amide bonds. The van der Waals surface area contributed by atoms with Gasteiger partial charge in [-0.25, -0.2) is 0 Å². The van der Waals surface area contributed by atoms with Gasteiger partial charge in [-0.2, -0.15) is 0 Å². The molecule has 1 unspecified atom stereocenters. The molecule has 1 aliphatic carbocycles. The van der Waals surface area contributed by atoms with Gasteiger partial charge in [-0.3, -0.25) is 9.59 Å². The molecule has 0 saturated heterocycles. The van der Waals surface area contributed by atoms with Crippen molar-refractivity contribution in [1.29, 1.82) is 0 Å². The molecule has 2 aliphatic rings. The minimum atomic E-state index is -0.674. The maximum atomic E-state index is 12.3. The second kappa shape index (κ2) is 7.70. The number of nitrogens with one attached hydrogen (secondary N) is 2. The standard InChI is InChI=1S/C19H24N2O4/c1-25-11-15-17(22)16(19(24)21-15)18(23)20-14-9-7-13(8-10-14)12-5-3-2-4-6-12/h7-10,12,15,22H,2-6,11H2,1H3,(H,20,23)(H,21,24). The average Bonchev–Trinajstić information content (AvgIpc) is 2.90.